The van der Waals surface area contributed by atoms with Gasteiger partial charge in [-0.3, -0.25) is 4.90 Å². The summed E-state index contributed by atoms with van der Waals surface area (Å²) < 4.78 is 5.78. The van der Waals surface area contributed by atoms with Gasteiger partial charge in [0.25, 0.3) is 0 Å². The number of nitriles is 1. The highest BCUT2D eigenvalue weighted by Gasteiger charge is 2.29. The molecule has 1 aliphatic heterocycles. The van der Waals surface area contributed by atoms with Crippen molar-refractivity contribution >= 4 is 6.09 Å². The lowest BCUT2D eigenvalue weighted by atomic mass is 10.1. The van der Waals surface area contributed by atoms with Crippen molar-refractivity contribution in [2.45, 2.75) is 12.6 Å². The van der Waals surface area contributed by atoms with Gasteiger partial charge >= 0.3 is 6.09 Å². The number of hydrogen-bond donors (Lipinski definition) is 1. The number of amides is 1. The van der Waals surface area contributed by atoms with Gasteiger partial charge in [0, 0.05) is 5.56 Å². The fraction of sp³-hybridized carbons (Fsp3) is 0.176. The third-order valence-corrected chi connectivity index (χ3v) is 3.74. The first-order chi connectivity index (χ1) is 10.7. The molecule has 0 unspecified atom stereocenters. The Morgan fingerprint density at radius 1 is 1.27 bits per heavy atom. The van der Waals surface area contributed by atoms with Crippen molar-refractivity contribution in [1.29, 1.82) is 5.26 Å². The number of fused-ring (bicyclic) bond motifs is 1. The minimum atomic E-state index is -0.991. The molecule has 5 heteroatoms. The van der Waals surface area contributed by atoms with E-state index < -0.39 is 6.09 Å². The molecule has 5 nitrogen and oxygen atoms in total. The van der Waals surface area contributed by atoms with Crippen LogP contribution in [0, 0.1) is 11.3 Å². The van der Waals surface area contributed by atoms with Gasteiger partial charge in [-0.05, 0) is 17.7 Å². The molecule has 1 aliphatic rings. The molecule has 1 atom stereocenters. The Labute approximate surface area is 128 Å². The molecule has 1 amide bonds. The monoisotopic (exact) mass is 294 g/mol. The maximum absolute atomic E-state index is 11.6. The van der Waals surface area contributed by atoms with Crippen LogP contribution >= 0.6 is 0 Å². The Bertz CT molecular complexity index is 737. The molecule has 2 aromatic carbocycles. The lowest BCUT2D eigenvalue weighted by molar-refractivity contribution is 0.107. The van der Waals surface area contributed by atoms with Crippen LogP contribution in [0.4, 0.5) is 4.79 Å². The van der Waals surface area contributed by atoms with Crippen LogP contribution < -0.4 is 4.74 Å². The van der Waals surface area contributed by atoms with Gasteiger partial charge in [0.05, 0.1) is 24.2 Å². The van der Waals surface area contributed by atoms with E-state index in [4.69, 9.17) is 10.00 Å². The van der Waals surface area contributed by atoms with Crippen molar-refractivity contribution in [3.05, 3.63) is 65.2 Å². The summed E-state index contributed by atoms with van der Waals surface area (Å²) in [6.07, 6.45) is -0.991. The Kier molecular flexibility index (Phi) is 3.67. The molecule has 110 valence electrons. The first kappa shape index (κ1) is 14.0. The molecule has 0 aliphatic carbocycles. The Hall–Kier alpha value is -3.00. The van der Waals surface area contributed by atoms with Gasteiger partial charge in [0.1, 0.15) is 12.4 Å². The summed E-state index contributed by atoms with van der Waals surface area (Å²) in [5, 5.41) is 18.5. The van der Waals surface area contributed by atoms with Gasteiger partial charge in [-0.1, -0.05) is 36.4 Å². The van der Waals surface area contributed by atoms with E-state index in [-0.39, 0.29) is 19.2 Å². The van der Waals surface area contributed by atoms with Crippen LogP contribution in [0.2, 0.25) is 0 Å². The van der Waals surface area contributed by atoms with E-state index in [1.165, 1.54) is 4.90 Å². The SMILES string of the molecule is N#Cc1ccc2c(c1)OC[C@H](c1ccccc1)N(C(=O)O)C2. The van der Waals surface area contributed by atoms with E-state index in [1.807, 2.05) is 30.3 Å². The number of nitrogens with zero attached hydrogens (tertiary/aromatic N) is 2. The zero-order valence-electron chi connectivity index (χ0n) is 11.8. The molecular formula is C17H14N2O3. The highest BCUT2D eigenvalue weighted by Crippen LogP contribution is 2.32. The van der Waals surface area contributed by atoms with Crippen molar-refractivity contribution in [1.82, 2.24) is 4.90 Å². The van der Waals surface area contributed by atoms with Crippen molar-refractivity contribution < 1.29 is 14.6 Å². The number of carboxylic acid groups (broad SMARTS) is 1. The predicted molar refractivity (Wildman–Crippen MR) is 79.4 cm³/mol. The number of benzene rings is 2. The normalized spacial score (nSPS) is 16.9. The smallest absolute Gasteiger partial charge is 0.408 e. The van der Waals surface area contributed by atoms with Crippen LogP contribution in [-0.4, -0.2) is 22.7 Å². The van der Waals surface area contributed by atoms with Crippen LogP contribution in [0.5, 0.6) is 5.75 Å². The molecule has 1 heterocycles. The predicted octanol–water partition coefficient (Wildman–Crippen LogP) is 3.17. The van der Waals surface area contributed by atoms with E-state index in [0.717, 1.165) is 11.1 Å². The average Bonchev–Trinajstić information content (AvgIpc) is 2.74. The van der Waals surface area contributed by atoms with E-state index in [0.29, 0.717) is 11.3 Å². The van der Waals surface area contributed by atoms with Gasteiger partial charge in [0.15, 0.2) is 0 Å². The molecule has 0 bridgehead atoms. The van der Waals surface area contributed by atoms with Crippen LogP contribution in [0.3, 0.4) is 0 Å². The third kappa shape index (κ3) is 2.59. The summed E-state index contributed by atoms with van der Waals surface area (Å²) in [4.78, 5) is 13.0. The second-order valence-electron chi connectivity index (χ2n) is 5.08. The second kappa shape index (κ2) is 5.78. The fourth-order valence-electron chi connectivity index (χ4n) is 2.59. The first-order valence-corrected chi connectivity index (χ1v) is 6.89. The van der Waals surface area contributed by atoms with E-state index in [9.17, 15) is 9.90 Å². The maximum Gasteiger partial charge on any atom is 0.408 e. The number of carbonyl (C=O) groups is 1. The van der Waals surface area contributed by atoms with Gasteiger partial charge in [0.2, 0.25) is 0 Å². The van der Waals surface area contributed by atoms with Crippen LogP contribution in [0.1, 0.15) is 22.7 Å². The standard InChI is InChI=1S/C17H14N2O3/c18-9-12-6-7-14-10-19(17(20)21)15(11-22-16(14)8-12)13-4-2-1-3-5-13/h1-8,15H,10-11H2,(H,20,21)/t15-/m1/s1. The highest BCUT2D eigenvalue weighted by molar-refractivity contribution is 5.66. The number of hydrogen-bond acceptors (Lipinski definition) is 3. The number of rotatable bonds is 1. The summed E-state index contributed by atoms with van der Waals surface area (Å²) in [5.41, 5.74) is 2.15. The Balaban J connectivity index is 1.99. The highest BCUT2D eigenvalue weighted by atomic mass is 16.5. The zero-order chi connectivity index (χ0) is 15.5. The molecule has 3 rings (SSSR count). The minimum absolute atomic E-state index is 0.220. The van der Waals surface area contributed by atoms with E-state index in [1.54, 1.807) is 18.2 Å². The van der Waals surface area contributed by atoms with Crippen LogP contribution in [0.15, 0.2) is 48.5 Å². The summed E-state index contributed by atoms with van der Waals surface area (Å²) in [5.74, 6) is 0.573. The summed E-state index contributed by atoms with van der Waals surface area (Å²) >= 11 is 0. The summed E-state index contributed by atoms with van der Waals surface area (Å²) in [6, 6.07) is 16.2. The minimum Gasteiger partial charge on any atom is -0.491 e. The Morgan fingerprint density at radius 2 is 2.05 bits per heavy atom. The van der Waals surface area contributed by atoms with Crippen molar-refractivity contribution in [2.75, 3.05) is 6.61 Å². The molecular weight excluding hydrogens is 280 g/mol. The summed E-state index contributed by atoms with van der Waals surface area (Å²) in [6.45, 7) is 0.453. The molecule has 0 spiro atoms. The van der Waals surface area contributed by atoms with Crippen molar-refractivity contribution in [3.63, 3.8) is 0 Å². The van der Waals surface area contributed by atoms with Gasteiger partial charge < -0.3 is 9.84 Å². The van der Waals surface area contributed by atoms with Crippen LogP contribution in [0.25, 0.3) is 0 Å². The molecule has 0 fully saturated rings. The van der Waals surface area contributed by atoms with Crippen molar-refractivity contribution in [2.24, 2.45) is 0 Å². The quantitative estimate of drug-likeness (QED) is 0.876. The van der Waals surface area contributed by atoms with E-state index in [2.05, 4.69) is 6.07 Å². The van der Waals surface area contributed by atoms with Gasteiger partial charge in [-0.15, -0.1) is 0 Å². The molecule has 0 aromatic heterocycles. The largest absolute Gasteiger partial charge is 0.491 e. The van der Waals surface area contributed by atoms with E-state index >= 15 is 0 Å². The van der Waals surface area contributed by atoms with Crippen LogP contribution in [-0.2, 0) is 6.54 Å². The lowest BCUT2D eigenvalue weighted by Gasteiger charge is -2.26. The molecule has 0 radical (unpaired) electrons. The average molecular weight is 294 g/mol. The number of ether oxygens (including phenoxy) is 1. The molecule has 1 N–H and O–H groups in total. The molecule has 0 saturated heterocycles. The molecule has 2 aromatic rings. The summed E-state index contributed by atoms with van der Waals surface area (Å²) in [7, 11) is 0. The Morgan fingerprint density at radius 3 is 2.73 bits per heavy atom. The topological polar surface area (TPSA) is 73.6 Å². The van der Waals surface area contributed by atoms with Gasteiger partial charge in [-0.2, -0.15) is 5.26 Å². The second-order valence-corrected chi connectivity index (χ2v) is 5.08. The lowest BCUT2D eigenvalue weighted by Crippen LogP contribution is -2.34. The molecule has 22 heavy (non-hydrogen) atoms. The fourth-order valence-corrected chi connectivity index (χ4v) is 2.59. The molecule has 0 saturated carbocycles. The van der Waals surface area contributed by atoms with Crippen molar-refractivity contribution in [3.8, 4) is 11.8 Å². The van der Waals surface area contributed by atoms with Gasteiger partial charge in [-0.25, -0.2) is 4.79 Å². The maximum atomic E-state index is 11.6. The zero-order valence-corrected chi connectivity index (χ0v) is 11.8. The third-order valence-electron chi connectivity index (χ3n) is 3.74. The first-order valence-electron chi connectivity index (χ1n) is 6.89.